The molecule has 0 spiro atoms. The minimum absolute atomic E-state index is 0.150. The number of hydrogen-bond acceptors (Lipinski definition) is 2. The predicted molar refractivity (Wildman–Crippen MR) is 89.5 cm³/mol. The van der Waals surface area contributed by atoms with Crippen LogP contribution in [0.4, 0.5) is 26.3 Å². The molecule has 0 saturated heterocycles. The van der Waals surface area contributed by atoms with Crippen molar-refractivity contribution in [3.05, 3.63) is 83.9 Å². The maximum Gasteiger partial charge on any atom is 0.416 e. The van der Waals surface area contributed by atoms with Gasteiger partial charge < -0.3 is 9.47 Å². The Morgan fingerprint density at radius 2 is 0.786 bits per heavy atom. The number of alkyl halides is 6. The maximum absolute atomic E-state index is 12.6. The van der Waals surface area contributed by atoms with Crippen LogP contribution in [0.25, 0.3) is 0 Å². The van der Waals surface area contributed by atoms with Gasteiger partial charge in [0.25, 0.3) is 0 Å². The summed E-state index contributed by atoms with van der Waals surface area (Å²) in [5.41, 5.74) is -1.62. The quantitative estimate of drug-likeness (QED) is 0.429. The molecule has 28 heavy (non-hydrogen) atoms. The third-order valence-electron chi connectivity index (χ3n) is 3.67. The monoisotopic (exact) mass is 398 g/mol. The standard InChI is InChI=1S/C20H12F6O2/c21-19(22,23)13-5-9-15(10-6-13)27-17-3-1-2-4-18(17)28-16-11-7-14(8-12-16)20(24,25)26/h1-12H. The minimum Gasteiger partial charge on any atom is -0.453 e. The van der Waals surface area contributed by atoms with E-state index in [0.717, 1.165) is 48.5 Å². The first-order valence-electron chi connectivity index (χ1n) is 7.92. The van der Waals surface area contributed by atoms with Crippen molar-refractivity contribution >= 4 is 0 Å². The first-order valence-corrected chi connectivity index (χ1v) is 7.92. The Labute approximate surface area is 155 Å². The summed E-state index contributed by atoms with van der Waals surface area (Å²) in [7, 11) is 0. The van der Waals surface area contributed by atoms with Crippen LogP contribution in [0.1, 0.15) is 11.1 Å². The molecule has 0 unspecified atom stereocenters. The molecule has 0 radical (unpaired) electrons. The van der Waals surface area contributed by atoms with E-state index in [2.05, 4.69) is 0 Å². The highest BCUT2D eigenvalue weighted by Gasteiger charge is 2.30. The van der Waals surface area contributed by atoms with Gasteiger partial charge in [0, 0.05) is 0 Å². The van der Waals surface area contributed by atoms with Crippen LogP contribution in [-0.4, -0.2) is 0 Å². The van der Waals surface area contributed by atoms with Crippen LogP contribution in [0.15, 0.2) is 72.8 Å². The largest absolute Gasteiger partial charge is 0.453 e. The van der Waals surface area contributed by atoms with Gasteiger partial charge in [0.2, 0.25) is 0 Å². The Bertz CT molecular complexity index is 850. The number of para-hydroxylation sites is 2. The molecule has 8 heteroatoms. The zero-order valence-corrected chi connectivity index (χ0v) is 14.0. The molecule has 0 saturated carbocycles. The van der Waals surface area contributed by atoms with Crippen molar-refractivity contribution in [3.63, 3.8) is 0 Å². The van der Waals surface area contributed by atoms with Crippen LogP contribution in [0.3, 0.4) is 0 Å². The van der Waals surface area contributed by atoms with E-state index >= 15 is 0 Å². The molecule has 0 fully saturated rings. The van der Waals surface area contributed by atoms with Crippen LogP contribution < -0.4 is 9.47 Å². The van der Waals surface area contributed by atoms with Crippen molar-refractivity contribution in [1.29, 1.82) is 0 Å². The van der Waals surface area contributed by atoms with Gasteiger partial charge in [0.05, 0.1) is 11.1 Å². The first-order chi connectivity index (χ1) is 13.1. The van der Waals surface area contributed by atoms with Crippen molar-refractivity contribution in [2.75, 3.05) is 0 Å². The van der Waals surface area contributed by atoms with Gasteiger partial charge in [-0.3, -0.25) is 0 Å². The second-order valence-corrected chi connectivity index (χ2v) is 5.70. The summed E-state index contributed by atoms with van der Waals surface area (Å²) in [4.78, 5) is 0. The molecule has 0 amide bonds. The third-order valence-corrected chi connectivity index (χ3v) is 3.67. The Hall–Kier alpha value is -3.16. The molecule has 146 valence electrons. The van der Waals surface area contributed by atoms with Crippen molar-refractivity contribution in [1.82, 2.24) is 0 Å². The number of benzene rings is 3. The summed E-state index contributed by atoms with van der Waals surface area (Å²) in [5.74, 6) is 0.692. The minimum atomic E-state index is -4.46. The van der Waals surface area contributed by atoms with Crippen molar-refractivity contribution in [2.24, 2.45) is 0 Å². The van der Waals surface area contributed by atoms with E-state index in [1.165, 1.54) is 12.1 Å². The van der Waals surface area contributed by atoms with Crippen molar-refractivity contribution < 1.29 is 35.8 Å². The smallest absolute Gasteiger partial charge is 0.416 e. The van der Waals surface area contributed by atoms with Gasteiger partial charge in [-0.2, -0.15) is 26.3 Å². The molecule has 3 rings (SSSR count). The molecule has 0 atom stereocenters. The molecule has 0 aromatic heterocycles. The number of halogens is 6. The van der Waals surface area contributed by atoms with E-state index in [0.29, 0.717) is 0 Å². The summed E-state index contributed by atoms with van der Waals surface area (Å²) in [6.45, 7) is 0. The average Bonchev–Trinajstić information content (AvgIpc) is 2.63. The molecular weight excluding hydrogens is 386 g/mol. The third kappa shape index (κ3) is 4.76. The lowest BCUT2D eigenvalue weighted by molar-refractivity contribution is -0.138. The molecule has 3 aromatic rings. The van der Waals surface area contributed by atoms with E-state index in [4.69, 9.17) is 9.47 Å². The fourth-order valence-corrected chi connectivity index (χ4v) is 2.30. The highest BCUT2D eigenvalue weighted by atomic mass is 19.4. The van der Waals surface area contributed by atoms with Crippen molar-refractivity contribution in [3.8, 4) is 23.0 Å². The van der Waals surface area contributed by atoms with E-state index in [1.807, 2.05) is 0 Å². The van der Waals surface area contributed by atoms with Crippen LogP contribution in [0.5, 0.6) is 23.0 Å². The summed E-state index contributed by atoms with van der Waals surface area (Å²) in [5, 5.41) is 0. The van der Waals surface area contributed by atoms with Crippen LogP contribution in [0, 0.1) is 0 Å². The summed E-state index contributed by atoms with van der Waals surface area (Å²) >= 11 is 0. The molecule has 0 N–H and O–H groups in total. The highest BCUT2D eigenvalue weighted by Crippen LogP contribution is 2.37. The van der Waals surface area contributed by atoms with E-state index in [9.17, 15) is 26.3 Å². The van der Waals surface area contributed by atoms with Gasteiger partial charge in [-0.15, -0.1) is 0 Å². The second-order valence-electron chi connectivity index (χ2n) is 5.70. The fourth-order valence-electron chi connectivity index (χ4n) is 2.30. The molecule has 0 aliphatic carbocycles. The normalized spacial score (nSPS) is 11.9. The Morgan fingerprint density at radius 3 is 1.07 bits per heavy atom. The predicted octanol–water partition coefficient (Wildman–Crippen LogP) is 7.31. The lowest BCUT2D eigenvalue weighted by Crippen LogP contribution is -2.04. The van der Waals surface area contributed by atoms with Gasteiger partial charge in [-0.1, -0.05) is 12.1 Å². The fraction of sp³-hybridized carbons (Fsp3) is 0.100. The molecule has 0 bridgehead atoms. The van der Waals surface area contributed by atoms with E-state index in [1.54, 1.807) is 12.1 Å². The molecular formula is C20H12F6O2. The van der Waals surface area contributed by atoms with Crippen LogP contribution in [-0.2, 0) is 12.4 Å². The zero-order chi connectivity index (χ0) is 20.4. The summed E-state index contributed by atoms with van der Waals surface area (Å²) in [6.07, 6.45) is -8.91. The van der Waals surface area contributed by atoms with Gasteiger partial charge >= 0.3 is 12.4 Å². The van der Waals surface area contributed by atoms with Crippen LogP contribution in [0.2, 0.25) is 0 Å². The molecule has 3 aromatic carbocycles. The van der Waals surface area contributed by atoms with Gasteiger partial charge in [-0.25, -0.2) is 0 Å². The van der Waals surface area contributed by atoms with E-state index in [-0.39, 0.29) is 23.0 Å². The molecule has 2 nitrogen and oxygen atoms in total. The molecule has 0 aliphatic rings. The highest BCUT2D eigenvalue weighted by molar-refractivity contribution is 5.46. The first kappa shape index (κ1) is 19.6. The van der Waals surface area contributed by atoms with E-state index < -0.39 is 23.5 Å². The molecule has 0 aliphatic heterocycles. The SMILES string of the molecule is FC(F)(F)c1ccc(Oc2ccccc2Oc2ccc(C(F)(F)F)cc2)cc1. The summed E-state index contributed by atoms with van der Waals surface area (Å²) < 4.78 is 86.9. The lowest BCUT2D eigenvalue weighted by atomic mass is 10.2. The van der Waals surface area contributed by atoms with Crippen molar-refractivity contribution in [2.45, 2.75) is 12.4 Å². The number of rotatable bonds is 4. The maximum atomic E-state index is 12.6. The Kier molecular flexibility index (Phi) is 5.22. The zero-order valence-electron chi connectivity index (χ0n) is 14.0. The molecule has 0 heterocycles. The van der Waals surface area contributed by atoms with Gasteiger partial charge in [0.15, 0.2) is 11.5 Å². The number of hydrogen-bond donors (Lipinski definition) is 0. The average molecular weight is 398 g/mol. The van der Waals surface area contributed by atoms with Crippen LogP contribution >= 0.6 is 0 Å². The van der Waals surface area contributed by atoms with Gasteiger partial charge in [0.1, 0.15) is 11.5 Å². The Morgan fingerprint density at radius 1 is 0.464 bits per heavy atom. The second kappa shape index (κ2) is 7.46. The van der Waals surface area contributed by atoms with Gasteiger partial charge in [-0.05, 0) is 60.7 Å². The number of ether oxygens (including phenoxy) is 2. The Balaban J connectivity index is 1.78. The topological polar surface area (TPSA) is 18.5 Å². The lowest BCUT2D eigenvalue weighted by Gasteiger charge is -2.13. The summed E-state index contributed by atoms with van der Waals surface area (Å²) in [6, 6.07) is 14.5.